The fraction of sp³-hybridized carbons (Fsp3) is 0.522. The summed E-state index contributed by atoms with van der Waals surface area (Å²) in [5.41, 5.74) is 1.45. The molecule has 2 aromatic heterocycles. The Hall–Kier alpha value is -2.49. The molecule has 1 saturated carbocycles. The van der Waals surface area contributed by atoms with E-state index in [-0.39, 0.29) is 18.5 Å². The number of hydrogen-bond donors (Lipinski definition) is 3. The van der Waals surface area contributed by atoms with Gasteiger partial charge >= 0.3 is 0 Å². The Balaban J connectivity index is 1.07. The molecule has 0 bridgehead atoms. The largest absolute Gasteiger partial charge is 0.383 e. The summed E-state index contributed by atoms with van der Waals surface area (Å²) in [6, 6.07) is 6.87. The molecule has 8 nitrogen and oxygen atoms in total. The average Bonchev–Trinajstić information content (AvgIpc) is 3.39. The molecule has 3 heterocycles. The van der Waals surface area contributed by atoms with E-state index in [9.17, 15) is 9.90 Å². The first kappa shape index (κ1) is 21.4. The summed E-state index contributed by atoms with van der Waals surface area (Å²) in [5, 5.41) is 25.5. The van der Waals surface area contributed by atoms with Crippen LogP contribution in [0.5, 0.6) is 0 Å². The predicted octanol–water partition coefficient (Wildman–Crippen LogP) is 2.38. The highest BCUT2D eigenvalue weighted by atomic mass is 32.1. The maximum Gasteiger partial charge on any atom is 0.239 e. The van der Waals surface area contributed by atoms with Gasteiger partial charge in [-0.3, -0.25) is 14.4 Å². The molecule has 170 valence electrons. The number of amides is 1. The standard InChI is InChI=1S/C23H30N6O2S/c1-15-3-4-19-18(11-15)21(27-28(19)2)25-12-20(30)26-16-13-29(14-16)17-5-7-23(31,8-6-17)22-24-9-10-32-22/h3-4,9-11,16-17,31H,5-8,12-14H2,1-2H3,(H,25,27)(H,26,30)/t17-,23-. The van der Waals surface area contributed by atoms with E-state index in [1.165, 1.54) is 16.9 Å². The van der Waals surface area contributed by atoms with Crippen molar-refractivity contribution in [1.29, 1.82) is 0 Å². The molecule has 3 aromatic rings. The number of anilines is 1. The van der Waals surface area contributed by atoms with Gasteiger partial charge in [0.25, 0.3) is 0 Å². The summed E-state index contributed by atoms with van der Waals surface area (Å²) in [7, 11) is 1.91. The summed E-state index contributed by atoms with van der Waals surface area (Å²) in [6.07, 6.45) is 5.19. The van der Waals surface area contributed by atoms with Gasteiger partial charge in [-0.05, 0) is 44.7 Å². The summed E-state index contributed by atoms with van der Waals surface area (Å²) in [4.78, 5) is 19.2. The number of aromatic nitrogens is 3. The minimum Gasteiger partial charge on any atom is -0.383 e. The lowest BCUT2D eigenvalue weighted by Crippen LogP contribution is -2.63. The zero-order valence-corrected chi connectivity index (χ0v) is 19.4. The van der Waals surface area contributed by atoms with Gasteiger partial charge in [-0.2, -0.15) is 5.10 Å². The molecule has 0 atom stereocenters. The Morgan fingerprint density at radius 1 is 1.31 bits per heavy atom. The summed E-state index contributed by atoms with van der Waals surface area (Å²) in [6.45, 7) is 4.01. The second kappa shape index (κ2) is 8.46. The van der Waals surface area contributed by atoms with E-state index >= 15 is 0 Å². The van der Waals surface area contributed by atoms with Gasteiger partial charge in [0, 0.05) is 43.1 Å². The smallest absolute Gasteiger partial charge is 0.239 e. The minimum atomic E-state index is -0.761. The predicted molar refractivity (Wildman–Crippen MR) is 126 cm³/mol. The highest BCUT2D eigenvalue weighted by molar-refractivity contribution is 7.09. The van der Waals surface area contributed by atoms with Crippen LogP contribution in [-0.2, 0) is 17.4 Å². The number of rotatable bonds is 6. The van der Waals surface area contributed by atoms with Crippen molar-refractivity contribution in [3.05, 3.63) is 40.3 Å². The molecule has 1 aliphatic heterocycles. The fourth-order valence-corrected chi connectivity index (χ4v) is 5.76. The zero-order chi connectivity index (χ0) is 22.3. The molecule has 3 N–H and O–H groups in total. The second-order valence-corrected chi connectivity index (χ2v) is 10.1. The fourth-order valence-electron chi connectivity index (χ4n) is 4.97. The molecule has 9 heteroatoms. The van der Waals surface area contributed by atoms with Gasteiger partial charge < -0.3 is 15.7 Å². The number of likely N-dealkylation sites (tertiary alicyclic amines) is 1. The lowest BCUT2D eigenvalue weighted by Gasteiger charge is -2.47. The normalized spacial score (nSPS) is 24.4. The lowest BCUT2D eigenvalue weighted by atomic mass is 9.81. The van der Waals surface area contributed by atoms with Crippen molar-refractivity contribution in [3.8, 4) is 0 Å². The summed E-state index contributed by atoms with van der Waals surface area (Å²) >= 11 is 1.54. The van der Waals surface area contributed by atoms with Gasteiger partial charge in [-0.15, -0.1) is 11.3 Å². The number of aliphatic hydroxyl groups is 1. The van der Waals surface area contributed by atoms with Crippen LogP contribution < -0.4 is 10.6 Å². The van der Waals surface area contributed by atoms with Crippen molar-refractivity contribution in [3.63, 3.8) is 0 Å². The van der Waals surface area contributed by atoms with E-state index in [0.717, 1.165) is 60.5 Å². The van der Waals surface area contributed by atoms with Gasteiger partial charge in [-0.25, -0.2) is 4.98 Å². The quantitative estimate of drug-likeness (QED) is 0.529. The number of nitrogens with zero attached hydrogens (tertiary/aromatic N) is 4. The molecule has 2 fully saturated rings. The Kier molecular flexibility index (Phi) is 5.65. The topological polar surface area (TPSA) is 95.3 Å². The van der Waals surface area contributed by atoms with E-state index in [1.807, 2.05) is 17.1 Å². The van der Waals surface area contributed by atoms with Crippen molar-refractivity contribution in [2.24, 2.45) is 7.05 Å². The summed E-state index contributed by atoms with van der Waals surface area (Å²) < 4.78 is 1.83. The number of carbonyl (C=O) groups excluding carboxylic acids is 1. The molecule has 32 heavy (non-hydrogen) atoms. The van der Waals surface area contributed by atoms with Crippen LogP contribution in [0.15, 0.2) is 29.8 Å². The van der Waals surface area contributed by atoms with E-state index in [2.05, 4.69) is 50.7 Å². The van der Waals surface area contributed by atoms with Crippen LogP contribution in [-0.4, -0.2) is 62.4 Å². The highest BCUT2D eigenvalue weighted by Gasteiger charge is 2.41. The zero-order valence-electron chi connectivity index (χ0n) is 18.5. The number of aryl methyl sites for hydroxylation is 2. The Labute approximate surface area is 191 Å². The van der Waals surface area contributed by atoms with Crippen LogP contribution in [0.2, 0.25) is 0 Å². The number of hydrogen-bond acceptors (Lipinski definition) is 7. The van der Waals surface area contributed by atoms with Crippen LogP contribution in [0.3, 0.4) is 0 Å². The van der Waals surface area contributed by atoms with Crippen molar-refractivity contribution >= 4 is 34.0 Å². The van der Waals surface area contributed by atoms with Crippen molar-refractivity contribution < 1.29 is 9.90 Å². The van der Waals surface area contributed by atoms with Crippen LogP contribution in [0.25, 0.3) is 10.9 Å². The Bertz CT molecular complexity index is 1100. The molecule has 0 spiro atoms. The van der Waals surface area contributed by atoms with E-state index in [4.69, 9.17) is 0 Å². The van der Waals surface area contributed by atoms with Gasteiger partial charge in [0.15, 0.2) is 5.82 Å². The van der Waals surface area contributed by atoms with Gasteiger partial charge in [-0.1, -0.05) is 11.6 Å². The molecule has 1 aromatic carbocycles. The SMILES string of the molecule is Cc1ccc2c(c1)c(NCC(=O)NC1CN([C@H]3CC[C@@](O)(c4nccs4)CC3)C1)nn2C. The highest BCUT2D eigenvalue weighted by Crippen LogP contribution is 2.40. The third-order valence-corrected chi connectivity index (χ3v) is 7.79. The molecule has 1 aliphatic carbocycles. The monoisotopic (exact) mass is 454 g/mol. The number of thiazole rings is 1. The maximum absolute atomic E-state index is 12.5. The van der Waals surface area contributed by atoms with Crippen LogP contribution in [0.4, 0.5) is 5.82 Å². The van der Waals surface area contributed by atoms with E-state index in [0.29, 0.717) is 6.04 Å². The van der Waals surface area contributed by atoms with Crippen molar-refractivity contribution in [1.82, 2.24) is 25.0 Å². The van der Waals surface area contributed by atoms with Crippen LogP contribution >= 0.6 is 11.3 Å². The first-order valence-corrected chi connectivity index (χ1v) is 12.1. The summed E-state index contributed by atoms with van der Waals surface area (Å²) in [5.74, 6) is 0.731. The molecule has 2 aliphatic rings. The Morgan fingerprint density at radius 3 is 2.81 bits per heavy atom. The van der Waals surface area contributed by atoms with Gasteiger partial charge in [0.05, 0.1) is 18.1 Å². The molecule has 0 unspecified atom stereocenters. The van der Waals surface area contributed by atoms with Crippen molar-refractivity contribution in [2.45, 2.75) is 50.3 Å². The number of fused-ring (bicyclic) bond motifs is 1. The molecule has 0 radical (unpaired) electrons. The van der Waals surface area contributed by atoms with E-state index in [1.54, 1.807) is 6.20 Å². The lowest BCUT2D eigenvalue weighted by molar-refractivity contribution is -0.121. The molecular weight excluding hydrogens is 424 g/mol. The third-order valence-electron chi connectivity index (χ3n) is 6.83. The van der Waals surface area contributed by atoms with Crippen LogP contribution in [0.1, 0.15) is 36.3 Å². The second-order valence-electron chi connectivity index (χ2n) is 9.16. The Morgan fingerprint density at radius 2 is 2.09 bits per heavy atom. The van der Waals surface area contributed by atoms with Crippen LogP contribution in [0, 0.1) is 6.92 Å². The first-order chi connectivity index (χ1) is 15.4. The molecule has 1 amide bonds. The number of benzene rings is 1. The van der Waals surface area contributed by atoms with Gasteiger partial charge in [0.1, 0.15) is 10.6 Å². The molecule has 5 rings (SSSR count). The average molecular weight is 455 g/mol. The number of nitrogens with one attached hydrogen (secondary N) is 2. The molecule has 1 saturated heterocycles. The van der Waals surface area contributed by atoms with Crippen molar-refractivity contribution in [2.75, 3.05) is 25.0 Å². The van der Waals surface area contributed by atoms with Gasteiger partial charge in [0.2, 0.25) is 5.91 Å². The third kappa shape index (κ3) is 4.12. The number of carbonyl (C=O) groups is 1. The minimum absolute atomic E-state index is 0.0112. The first-order valence-electron chi connectivity index (χ1n) is 11.2. The van der Waals surface area contributed by atoms with E-state index < -0.39 is 5.60 Å². The molecular formula is C23H30N6O2S. The maximum atomic E-state index is 12.5.